The van der Waals surface area contributed by atoms with Crippen LogP contribution in [-0.4, -0.2) is 34.7 Å². The Balaban J connectivity index is 0.00000259. The minimum Gasteiger partial charge on any atom is -0.494 e. The van der Waals surface area contributed by atoms with Crippen LogP contribution in [0, 0.1) is 0 Å². The number of nitrogens with zero attached hydrogens (tertiary/aromatic N) is 4. The first-order valence-corrected chi connectivity index (χ1v) is 11.0. The number of hydrogen-bond donors (Lipinski definition) is 2. The van der Waals surface area contributed by atoms with Crippen LogP contribution in [-0.2, 0) is 7.05 Å². The number of aromatic nitrogens is 3. The number of ether oxygens (including phenoxy) is 1. The standard InChI is InChI=1S/C25H28N6O.ClH/c1-30-16-18(17-8-4-5-9-22(17)30)20-10-11-27-25(28-20)29-21-14-19(26)23(15-24(21)32-2)31-12-6-3-7-13-31;/h4-5,8-11,14-16H,3,6-7,12-13,26H2,1-2H3,(H,27,28,29);1H. The smallest absolute Gasteiger partial charge is 0.227 e. The lowest BCUT2D eigenvalue weighted by Gasteiger charge is -2.30. The molecular formula is C25H29ClN6O. The molecule has 0 bridgehead atoms. The molecule has 172 valence electrons. The topological polar surface area (TPSA) is 81.2 Å². The van der Waals surface area contributed by atoms with Crippen molar-refractivity contribution >= 4 is 46.3 Å². The lowest BCUT2D eigenvalue weighted by atomic mass is 10.1. The lowest BCUT2D eigenvalue weighted by Crippen LogP contribution is -2.30. The predicted molar refractivity (Wildman–Crippen MR) is 138 cm³/mol. The van der Waals surface area contributed by atoms with Gasteiger partial charge in [-0.25, -0.2) is 9.97 Å². The molecule has 8 heteroatoms. The van der Waals surface area contributed by atoms with E-state index < -0.39 is 0 Å². The number of nitrogen functional groups attached to an aromatic ring is 1. The van der Waals surface area contributed by atoms with Crippen LogP contribution in [0.3, 0.4) is 0 Å². The van der Waals surface area contributed by atoms with Gasteiger partial charge < -0.3 is 25.3 Å². The van der Waals surface area contributed by atoms with Crippen molar-refractivity contribution in [1.29, 1.82) is 0 Å². The van der Waals surface area contributed by atoms with Crippen molar-refractivity contribution in [2.45, 2.75) is 19.3 Å². The van der Waals surface area contributed by atoms with E-state index in [1.165, 1.54) is 24.8 Å². The maximum atomic E-state index is 6.43. The third-order valence-electron chi connectivity index (χ3n) is 6.12. The number of para-hydroxylation sites is 1. The second-order valence-electron chi connectivity index (χ2n) is 8.22. The van der Waals surface area contributed by atoms with Crippen LogP contribution in [0.25, 0.3) is 22.2 Å². The summed E-state index contributed by atoms with van der Waals surface area (Å²) in [7, 11) is 3.72. The molecule has 33 heavy (non-hydrogen) atoms. The normalized spacial score (nSPS) is 13.6. The first-order valence-electron chi connectivity index (χ1n) is 11.0. The molecule has 3 heterocycles. The van der Waals surface area contributed by atoms with E-state index in [0.717, 1.165) is 52.5 Å². The van der Waals surface area contributed by atoms with E-state index in [-0.39, 0.29) is 12.4 Å². The number of halogens is 1. The number of anilines is 4. The minimum atomic E-state index is 0. The Morgan fingerprint density at radius 2 is 1.85 bits per heavy atom. The van der Waals surface area contributed by atoms with Gasteiger partial charge in [-0.2, -0.15) is 0 Å². The number of benzene rings is 2. The van der Waals surface area contributed by atoms with Crippen molar-refractivity contribution < 1.29 is 4.74 Å². The zero-order chi connectivity index (χ0) is 22.1. The lowest BCUT2D eigenvalue weighted by molar-refractivity contribution is 0.416. The zero-order valence-corrected chi connectivity index (χ0v) is 19.7. The Hall–Kier alpha value is -3.45. The van der Waals surface area contributed by atoms with Gasteiger partial charge in [0.1, 0.15) is 5.75 Å². The molecule has 1 aliphatic heterocycles. The maximum absolute atomic E-state index is 6.43. The van der Waals surface area contributed by atoms with Crippen molar-refractivity contribution in [2.75, 3.05) is 36.1 Å². The third kappa shape index (κ3) is 4.41. The fourth-order valence-electron chi connectivity index (χ4n) is 4.50. The minimum absolute atomic E-state index is 0. The van der Waals surface area contributed by atoms with E-state index in [1.807, 2.05) is 37.4 Å². The first-order chi connectivity index (χ1) is 15.6. The molecule has 0 unspecified atom stereocenters. The van der Waals surface area contributed by atoms with Gasteiger partial charge in [0.25, 0.3) is 0 Å². The van der Waals surface area contributed by atoms with E-state index >= 15 is 0 Å². The van der Waals surface area contributed by atoms with Gasteiger partial charge in [0.05, 0.1) is 29.9 Å². The summed E-state index contributed by atoms with van der Waals surface area (Å²) in [6.07, 6.45) is 7.53. The average molecular weight is 465 g/mol. The van der Waals surface area contributed by atoms with Crippen molar-refractivity contribution in [2.24, 2.45) is 7.05 Å². The zero-order valence-electron chi connectivity index (χ0n) is 18.9. The Morgan fingerprint density at radius 3 is 2.64 bits per heavy atom. The highest BCUT2D eigenvalue weighted by Crippen LogP contribution is 2.38. The molecule has 5 rings (SSSR count). The Kier molecular flexibility index (Phi) is 6.60. The summed E-state index contributed by atoms with van der Waals surface area (Å²) >= 11 is 0. The van der Waals surface area contributed by atoms with Crippen LogP contribution < -0.4 is 20.7 Å². The number of aryl methyl sites for hydroxylation is 1. The maximum Gasteiger partial charge on any atom is 0.227 e. The fourth-order valence-corrected chi connectivity index (χ4v) is 4.50. The van der Waals surface area contributed by atoms with Crippen LogP contribution in [0.5, 0.6) is 5.75 Å². The second-order valence-corrected chi connectivity index (χ2v) is 8.22. The van der Waals surface area contributed by atoms with Gasteiger partial charge in [-0.1, -0.05) is 18.2 Å². The highest BCUT2D eigenvalue weighted by molar-refractivity contribution is 5.95. The quantitative estimate of drug-likeness (QED) is 0.386. The molecule has 0 saturated carbocycles. The van der Waals surface area contributed by atoms with Crippen LogP contribution >= 0.6 is 12.4 Å². The molecular weight excluding hydrogens is 436 g/mol. The Bertz CT molecular complexity index is 1270. The molecule has 0 spiro atoms. The first kappa shape index (κ1) is 22.7. The van der Waals surface area contributed by atoms with Crippen LogP contribution in [0.2, 0.25) is 0 Å². The summed E-state index contributed by atoms with van der Waals surface area (Å²) in [6.45, 7) is 2.05. The van der Waals surface area contributed by atoms with Gasteiger partial charge >= 0.3 is 0 Å². The van der Waals surface area contributed by atoms with Gasteiger partial charge in [0.15, 0.2) is 0 Å². The van der Waals surface area contributed by atoms with E-state index in [9.17, 15) is 0 Å². The monoisotopic (exact) mass is 464 g/mol. The van der Waals surface area contributed by atoms with Crippen molar-refractivity contribution in [3.05, 3.63) is 54.9 Å². The molecule has 0 amide bonds. The van der Waals surface area contributed by atoms with Gasteiger partial charge in [-0.05, 0) is 37.5 Å². The average Bonchev–Trinajstić information content (AvgIpc) is 3.17. The van der Waals surface area contributed by atoms with Crippen LogP contribution in [0.15, 0.2) is 54.9 Å². The molecule has 7 nitrogen and oxygen atoms in total. The SMILES string of the molecule is COc1cc(N2CCCCC2)c(N)cc1Nc1nccc(-c2cn(C)c3ccccc23)n1.Cl. The van der Waals surface area contributed by atoms with Crippen molar-refractivity contribution in [1.82, 2.24) is 14.5 Å². The highest BCUT2D eigenvalue weighted by Gasteiger charge is 2.18. The highest BCUT2D eigenvalue weighted by atomic mass is 35.5. The van der Waals surface area contributed by atoms with Gasteiger partial charge in [-0.3, -0.25) is 0 Å². The van der Waals surface area contributed by atoms with Gasteiger partial charge in [-0.15, -0.1) is 12.4 Å². The van der Waals surface area contributed by atoms with E-state index in [4.69, 9.17) is 15.5 Å². The molecule has 2 aromatic heterocycles. The van der Waals surface area contributed by atoms with Crippen molar-refractivity contribution in [3.8, 4) is 17.0 Å². The van der Waals surface area contributed by atoms with Gasteiger partial charge in [0, 0.05) is 55.1 Å². The summed E-state index contributed by atoms with van der Waals surface area (Å²) in [4.78, 5) is 11.5. The van der Waals surface area contributed by atoms with E-state index in [0.29, 0.717) is 5.95 Å². The molecule has 1 fully saturated rings. The van der Waals surface area contributed by atoms with Crippen molar-refractivity contribution in [3.63, 3.8) is 0 Å². The number of rotatable bonds is 5. The number of piperidine rings is 1. The molecule has 4 aromatic rings. The van der Waals surface area contributed by atoms with Crippen LogP contribution in [0.1, 0.15) is 19.3 Å². The molecule has 1 saturated heterocycles. The molecule has 1 aliphatic rings. The molecule has 3 N–H and O–H groups in total. The summed E-state index contributed by atoms with van der Waals surface area (Å²) in [5.74, 6) is 1.22. The molecule has 0 aliphatic carbocycles. The second kappa shape index (κ2) is 9.58. The van der Waals surface area contributed by atoms with Gasteiger partial charge in [0.2, 0.25) is 5.95 Å². The number of fused-ring (bicyclic) bond motifs is 1. The van der Waals surface area contributed by atoms with Crippen LogP contribution in [0.4, 0.5) is 23.0 Å². The number of nitrogens with two attached hydrogens (primary N) is 1. The molecule has 0 radical (unpaired) electrons. The third-order valence-corrected chi connectivity index (χ3v) is 6.12. The molecule has 0 atom stereocenters. The molecule has 2 aromatic carbocycles. The number of hydrogen-bond acceptors (Lipinski definition) is 6. The number of nitrogens with one attached hydrogen (secondary N) is 1. The van der Waals surface area contributed by atoms with E-state index in [1.54, 1.807) is 13.3 Å². The Labute approximate surface area is 200 Å². The largest absolute Gasteiger partial charge is 0.494 e. The predicted octanol–water partition coefficient (Wildman–Crippen LogP) is 5.38. The summed E-state index contributed by atoms with van der Waals surface area (Å²) in [5.41, 5.74) is 12.0. The summed E-state index contributed by atoms with van der Waals surface area (Å²) < 4.78 is 7.79. The number of methoxy groups -OCH3 is 1. The van der Waals surface area contributed by atoms with E-state index in [2.05, 4.69) is 38.1 Å². The Morgan fingerprint density at radius 1 is 1.06 bits per heavy atom. The summed E-state index contributed by atoms with van der Waals surface area (Å²) in [6, 6.07) is 14.2. The summed E-state index contributed by atoms with van der Waals surface area (Å²) in [5, 5.41) is 4.47. The fraction of sp³-hybridized carbons (Fsp3) is 0.280.